The molecule has 0 unspecified atom stereocenters. The number of halogens is 4. The minimum absolute atomic E-state index is 0.270. The summed E-state index contributed by atoms with van der Waals surface area (Å²) in [5, 5.41) is 10.8. The largest absolute Gasteiger partial charge is 0.493 e. The van der Waals surface area contributed by atoms with E-state index < -0.39 is 17.3 Å². The van der Waals surface area contributed by atoms with E-state index in [1.807, 2.05) is 20.2 Å². The Balaban J connectivity index is 1.62. The summed E-state index contributed by atoms with van der Waals surface area (Å²) in [6.45, 7) is 7.69. The first-order valence-corrected chi connectivity index (χ1v) is 12.0. The minimum Gasteiger partial charge on any atom is -0.493 e. The number of benzene rings is 2. The molecule has 34 heavy (non-hydrogen) atoms. The third-order valence-corrected chi connectivity index (χ3v) is 7.07. The molecule has 1 aliphatic heterocycles. The molecule has 2 aromatic carbocycles. The maximum atomic E-state index is 13.3. The average molecular weight is 499 g/mol. The third-order valence-electron chi connectivity index (χ3n) is 6.74. The Bertz CT molecular complexity index is 987. The fourth-order valence-electron chi connectivity index (χ4n) is 4.39. The molecule has 4 nitrogen and oxygen atoms in total. The molecule has 0 radical (unpaired) electrons. The van der Waals surface area contributed by atoms with Crippen LogP contribution in [0.3, 0.4) is 0 Å². The Morgan fingerprint density at radius 1 is 1.09 bits per heavy atom. The van der Waals surface area contributed by atoms with Crippen LogP contribution in [0.5, 0.6) is 5.75 Å². The lowest BCUT2D eigenvalue weighted by Gasteiger charge is -2.39. The number of hydrogen-bond acceptors (Lipinski definition) is 4. The van der Waals surface area contributed by atoms with Gasteiger partial charge in [0.25, 0.3) is 0 Å². The van der Waals surface area contributed by atoms with Crippen LogP contribution in [-0.2, 0) is 18.3 Å². The molecule has 0 aliphatic carbocycles. The molecule has 2 aromatic rings. The molecule has 1 saturated heterocycles. The Labute approximate surface area is 205 Å². The predicted molar refractivity (Wildman–Crippen MR) is 129 cm³/mol. The van der Waals surface area contributed by atoms with Crippen LogP contribution in [0.4, 0.5) is 13.2 Å². The normalized spacial score (nSPS) is 16.8. The summed E-state index contributed by atoms with van der Waals surface area (Å²) in [4.78, 5) is 4.36. The molecule has 1 fully saturated rings. The maximum Gasteiger partial charge on any atom is 0.417 e. The van der Waals surface area contributed by atoms with Crippen molar-refractivity contribution in [3.8, 4) is 5.75 Å². The lowest BCUT2D eigenvalue weighted by atomic mass is 9.83. The lowest BCUT2D eigenvalue weighted by molar-refractivity contribution is -0.137. The SMILES string of the molecule is Cc1c(CN2CCC(O)(c3ccc(Cl)c(C(F)(F)F)c3)CC2)ccc(OCCCN(C)C)c1C. The van der Waals surface area contributed by atoms with Crippen LogP contribution in [-0.4, -0.2) is 55.2 Å². The van der Waals surface area contributed by atoms with Crippen molar-refractivity contribution in [1.82, 2.24) is 9.80 Å². The molecule has 3 rings (SSSR count). The summed E-state index contributed by atoms with van der Waals surface area (Å²) in [6.07, 6.45) is -2.88. The van der Waals surface area contributed by atoms with E-state index in [0.717, 1.165) is 36.9 Å². The molecule has 0 amide bonds. The number of ether oxygens (including phenoxy) is 1. The van der Waals surface area contributed by atoms with Gasteiger partial charge in [-0.05, 0) is 87.7 Å². The van der Waals surface area contributed by atoms with Gasteiger partial charge in [0.05, 0.1) is 22.8 Å². The van der Waals surface area contributed by atoms with E-state index in [1.165, 1.54) is 23.3 Å². The predicted octanol–water partition coefficient (Wildman–Crippen LogP) is 5.79. The Morgan fingerprint density at radius 3 is 2.38 bits per heavy atom. The first kappa shape index (κ1) is 26.8. The van der Waals surface area contributed by atoms with Crippen molar-refractivity contribution in [2.75, 3.05) is 40.3 Å². The highest BCUT2D eigenvalue weighted by Gasteiger charge is 2.38. The van der Waals surface area contributed by atoms with Crippen LogP contribution in [0.2, 0.25) is 5.02 Å². The highest BCUT2D eigenvalue weighted by molar-refractivity contribution is 6.31. The van der Waals surface area contributed by atoms with Crippen LogP contribution in [0.25, 0.3) is 0 Å². The molecule has 0 aromatic heterocycles. The zero-order valence-corrected chi connectivity index (χ0v) is 21.1. The maximum absolute atomic E-state index is 13.3. The number of aliphatic hydroxyl groups is 1. The van der Waals surface area contributed by atoms with Crippen molar-refractivity contribution in [2.24, 2.45) is 0 Å². The summed E-state index contributed by atoms with van der Waals surface area (Å²) < 4.78 is 45.7. The minimum atomic E-state index is -4.55. The van der Waals surface area contributed by atoms with Crippen molar-refractivity contribution in [1.29, 1.82) is 0 Å². The van der Waals surface area contributed by atoms with Gasteiger partial charge >= 0.3 is 6.18 Å². The van der Waals surface area contributed by atoms with Crippen LogP contribution in [0, 0.1) is 13.8 Å². The Kier molecular flexibility index (Phi) is 8.56. The summed E-state index contributed by atoms with van der Waals surface area (Å²) in [5.74, 6) is 0.899. The van der Waals surface area contributed by atoms with Gasteiger partial charge in [0, 0.05) is 26.2 Å². The highest BCUT2D eigenvalue weighted by atomic mass is 35.5. The second-order valence-electron chi connectivity index (χ2n) is 9.48. The van der Waals surface area contributed by atoms with Crippen LogP contribution >= 0.6 is 11.6 Å². The fourth-order valence-corrected chi connectivity index (χ4v) is 4.61. The standard InChI is InChI=1S/C26H34ClF3N2O2/c1-18-19(2)24(34-15-5-12-31(3)4)9-6-20(18)17-32-13-10-25(33,11-14-32)21-7-8-23(27)22(16-21)26(28,29)30/h6-9,16,33H,5,10-15,17H2,1-4H3. The number of likely N-dealkylation sites (tertiary alicyclic amines) is 1. The third kappa shape index (κ3) is 6.45. The molecule has 188 valence electrons. The first-order chi connectivity index (χ1) is 15.9. The lowest BCUT2D eigenvalue weighted by Crippen LogP contribution is -2.42. The number of hydrogen-bond donors (Lipinski definition) is 1. The monoisotopic (exact) mass is 498 g/mol. The molecule has 0 atom stereocenters. The molecule has 1 aliphatic rings. The zero-order valence-electron chi connectivity index (χ0n) is 20.3. The summed E-state index contributed by atoms with van der Waals surface area (Å²) in [6, 6.07) is 7.81. The van der Waals surface area contributed by atoms with Gasteiger partial charge in [-0.2, -0.15) is 13.2 Å². The number of rotatable bonds is 8. The summed E-state index contributed by atoms with van der Waals surface area (Å²) in [7, 11) is 4.09. The van der Waals surface area contributed by atoms with Gasteiger partial charge in [-0.3, -0.25) is 4.90 Å². The number of alkyl halides is 3. The van der Waals surface area contributed by atoms with E-state index in [4.69, 9.17) is 16.3 Å². The van der Waals surface area contributed by atoms with E-state index in [9.17, 15) is 18.3 Å². The van der Waals surface area contributed by atoms with E-state index in [0.29, 0.717) is 32.5 Å². The smallest absolute Gasteiger partial charge is 0.417 e. The second kappa shape index (κ2) is 10.9. The molecule has 8 heteroatoms. The summed E-state index contributed by atoms with van der Waals surface area (Å²) in [5.41, 5.74) is 1.56. The van der Waals surface area contributed by atoms with E-state index in [2.05, 4.69) is 29.7 Å². The second-order valence-corrected chi connectivity index (χ2v) is 9.89. The van der Waals surface area contributed by atoms with Gasteiger partial charge in [0.1, 0.15) is 5.75 Å². The molecular weight excluding hydrogens is 465 g/mol. The van der Waals surface area contributed by atoms with E-state index in [1.54, 1.807) is 0 Å². The quantitative estimate of drug-likeness (QED) is 0.467. The van der Waals surface area contributed by atoms with Crippen molar-refractivity contribution >= 4 is 11.6 Å². The van der Waals surface area contributed by atoms with E-state index >= 15 is 0 Å². The van der Waals surface area contributed by atoms with Crippen molar-refractivity contribution in [3.05, 3.63) is 63.2 Å². The van der Waals surface area contributed by atoms with Gasteiger partial charge in [-0.25, -0.2) is 0 Å². The van der Waals surface area contributed by atoms with Crippen LogP contribution < -0.4 is 4.74 Å². The zero-order chi connectivity index (χ0) is 25.1. The van der Waals surface area contributed by atoms with Gasteiger partial charge in [0.2, 0.25) is 0 Å². The highest BCUT2D eigenvalue weighted by Crippen LogP contribution is 2.40. The van der Waals surface area contributed by atoms with Crippen molar-refractivity contribution in [2.45, 2.75) is 51.4 Å². The molecule has 1 heterocycles. The fraction of sp³-hybridized carbons (Fsp3) is 0.538. The number of piperidine rings is 1. The van der Waals surface area contributed by atoms with Crippen molar-refractivity contribution in [3.63, 3.8) is 0 Å². The Hall–Kier alpha value is -1.80. The van der Waals surface area contributed by atoms with Gasteiger partial charge in [-0.15, -0.1) is 0 Å². The number of nitrogens with zero attached hydrogens (tertiary/aromatic N) is 2. The molecule has 0 bridgehead atoms. The molecule has 0 spiro atoms. The van der Waals surface area contributed by atoms with Gasteiger partial charge in [-0.1, -0.05) is 23.7 Å². The van der Waals surface area contributed by atoms with Crippen molar-refractivity contribution < 1.29 is 23.0 Å². The Morgan fingerprint density at radius 2 is 1.76 bits per heavy atom. The first-order valence-electron chi connectivity index (χ1n) is 11.6. The topological polar surface area (TPSA) is 35.9 Å². The molecule has 1 N–H and O–H groups in total. The average Bonchev–Trinajstić information content (AvgIpc) is 2.76. The van der Waals surface area contributed by atoms with Gasteiger partial charge in [0.15, 0.2) is 0 Å². The van der Waals surface area contributed by atoms with Gasteiger partial charge < -0.3 is 14.7 Å². The van der Waals surface area contributed by atoms with Crippen LogP contribution in [0.1, 0.15) is 47.1 Å². The van der Waals surface area contributed by atoms with E-state index in [-0.39, 0.29) is 10.6 Å². The van der Waals surface area contributed by atoms with Crippen LogP contribution in [0.15, 0.2) is 30.3 Å². The molecule has 0 saturated carbocycles. The summed E-state index contributed by atoms with van der Waals surface area (Å²) >= 11 is 5.74. The molecular formula is C26H34ClF3N2O2.